The number of carbonyl (C=O) groups excluding carboxylic acids is 1. The molecular weight excluding hydrogens is 308 g/mol. The largest absolute Gasteiger partial charge is 0.459 e. The summed E-state index contributed by atoms with van der Waals surface area (Å²) >= 11 is 0. The van der Waals surface area contributed by atoms with Gasteiger partial charge in [0.2, 0.25) is 5.95 Å². The van der Waals surface area contributed by atoms with Crippen LogP contribution in [0.15, 0.2) is 34.9 Å². The molecular formula is C17H14N4O3. The molecule has 7 nitrogen and oxygen atoms in total. The molecule has 5 rings (SSSR count). The smallest absolute Gasteiger partial charge is 0.315 e. The molecule has 1 aliphatic heterocycles. The maximum atomic E-state index is 11.4. The molecule has 120 valence electrons. The number of nitrogens with one attached hydrogen (secondary N) is 2. The van der Waals surface area contributed by atoms with Crippen molar-refractivity contribution in [1.82, 2.24) is 9.97 Å². The van der Waals surface area contributed by atoms with Gasteiger partial charge >= 0.3 is 5.97 Å². The molecule has 0 bridgehead atoms. The third-order valence-corrected chi connectivity index (χ3v) is 4.10. The zero-order valence-corrected chi connectivity index (χ0v) is 12.7. The van der Waals surface area contributed by atoms with Crippen molar-refractivity contribution in [1.29, 1.82) is 0 Å². The molecule has 0 amide bonds. The molecule has 3 aromatic rings. The van der Waals surface area contributed by atoms with E-state index in [-0.39, 0.29) is 5.97 Å². The molecule has 2 aliphatic rings. The first-order valence-electron chi connectivity index (χ1n) is 7.87. The van der Waals surface area contributed by atoms with Crippen LogP contribution in [-0.4, -0.2) is 22.0 Å². The number of hydrogen-bond acceptors (Lipinski definition) is 7. The molecule has 7 heteroatoms. The Kier molecular flexibility index (Phi) is 2.76. The first kappa shape index (κ1) is 13.4. The monoisotopic (exact) mass is 322 g/mol. The van der Waals surface area contributed by atoms with Gasteiger partial charge in [0.25, 0.3) is 0 Å². The van der Waals surface area contributed by atoms with Gasteiger partial charge in [-0.05, 0) is 18.9 Å². The van der Waals surface area contributed by atoms with E-state index in [1.54, 1.807) is 12.3 Å². The van der Waals surface area contributed by atoms with Gasteiger partial charge in [0, 0.05) is 29.4 Å². The van der Waals surface area contributed by atoms with Gasteiger partial charge in [-0.3, -0.25) is 4.79 Å². The number of benzene rings is 1. The van der Waals surface area contributed by atoms with E-state index in [0.29, 0.717) is 35.6 Å². The number of nitrogens with zero attached hydrogens (tertiary/aromatic N) is 2. The number of ether oxygens (including phenoxy) is 1. The zero-order valence-electron chi connectivity index (χ0n) is 12.7. The van der Waals surface area contributed by atoms with E-state index in [0.717, 1.165) is 29.6 Å². The summed E-state index contributed by atoms with van der Waals surface area (Å²) in [6, 6.07) is 7.82. The van der Waals surface area contributed by atoms with Crippen LogP contribution in [0.4, 0.5) is 17.5 Å². The lowest BCUT2D eigenvalue weighted by atomic mass is 10.1. The average Bonchev–Trinajstić information content (AvgIpc) is 3.10. The van der Waals surface area contributed by atoms with Gasteiger partial charge < -0.3 is 19.8 Å². The summed E-state index contributed by atoms with van der Waals surface area (Å²) in [5, 5.41) is 6.53. The summed E-state index contributed by atoms with van der Waals surface area (Å²) in [7, 11) is 0. The summed E-state index contributed by atoms with van der Waals surface area (Å²) in [6.45, 7) is 0. The summed E-state index contributed by atoms with van der Waals surface area (Å²) in [6.07, 6.45) is 4.22. The minimum Gasteiger partial charge on any atom is -0.459 e. The molecule has 2 aromatic heterocycles. The number of aromatic nitrogens is 2. The van der Waals surface area contributed by atoms with Gasteiger partial charge in [0.05, 0.1) is 12.7 Å². The lowest BCUT2D eigenvalue weighted by Gasteiger charge is -2.09. The molecule has 0 unspecified atom stereocenters. The third-order valence-electron chi connectivity index (χ3n) is 4.10. The average molecular weight is 322 g/mol. The fourth-order valence-corrected chi connectivity index (χ4v) is 2.75. The van der Waals surface area contributed by atoms with E-state index >= 15 is 0 Å². The van der Waals surface area contributed by atoms with Crippen LogP contribution in [0.1, 0.15) is 18.4 Å². The van der Waals surface area contributed by atoms with Gasteiger partial charge in [-0.2, -0.15) is 4.98 Å². The number of anilines is 3. The van der Waals surface area contributed by atoms with Crippen LogP contribution in [0.3, 0.4) is 0 Å². The van der Waals surface area contributed by atoms with Crippen LogP contribution in [0.5, 0.6) is 5.75 Å². The summed E-state index contributed by atoms with van der Waals surface area (Å²) < 4.78 is 10.7. The molecule has 1 aliphatic carbocycles. The van der Waals surface area contributed by atoms with Gasteiger partial charge in [0.1, 0.15) is 11.3 Å². The highest BCUT2D eigenvalue weighted by molar-refractivity contribution is 5.86. The minimum atomic E-state index is -0.228. The molecule has 0 atom stereocenters. The van der Waals surface area contributed by atoms with E-state index in [1.807, 2.05) is 18.2 Å². The van der Waals surface area contributed by atoms with Crippen LogP contribution in [0.2, 0.25) is 0 Å². The zero-order chi connectivity index (χ0) is 16.1. The van der Waals surface area contributed by atoms with Crippen molar-refractivity contribution in [2.45, 2.75) is 25.3 Å². The number of carbonyl (C=O) groups is 1. The molecule has 2 N–H and O–H groups in total. The number of hydrogen-bond donors (Lipinski definition) is 2. The van der Waals surface area contributed by atoms with E-state index in [1.165, 1.54) is 0 Å². The Hall–Kier alpha value is -3.09. The molecule has 1 fully saturated rings. The maximum absolute atomic E-state index is 11.4. The predicted octanol–water partition coefficient (Wildman–Crippen LogP) is 3.00. The number of fused-ring (bicyclic) bond motifs is 2. The van der Waals surface area contributed by atoms with Crippen molar-refractivity contribution >= 4 is 34.5 Å². The SMILES string of the molecule is O=C1Cc2ccc(Nc3nc(NC4CC4)c4occc4n3)cc2O1. The predicted molar refractivity (Wildman–Crippen MR) is 87.5 cm³/mol. The lowest BCUT2D eigenvalue weighted by Crippen LogP contribution is -2.06. The molecule has 24 heavy (non-hydrogen) atoms. The summed E-state index contributed by atoms with van der Waals surface area (Å²) in [4.78, 5) is 20.3. The molecule has 3 heterocycles. The second-order valence-corrected chi connectivity index (χ2v) is 6.05. The fraction of sp³-hybridized carbons (Fsp3) is 0.235. The normalized spacial score (nSPS) is 16.1. The fourth-order valence-electron chi connectivity index (χ4n) is 2.75. The van der Waals surface area contributed by atoms with E-state index in [4.69, 9.17) is 9.15 Å². The highest BCUT2D eigenvalue weighted by Crippen LogP contribution is 2.32. The number of esters is 1. The Morgan fingerprint density at radius 2 is 2.08 bits per heavy atom. The standard InChI is InChI=1S/C17H14N4O3/c22-14-7-9-1-2-11(8-13(9)24-14)19-17-20-12-5-6-23-15(12)16(21-17)18-10-3-4-10/h1-2,5-6,8,10H,3-4,7H2,(H2,18,19,20,21). The van der Waals surface area contributed by atoms with Crippen molar-refractivity contribution < 1.29 is 13.9 Å². The molecule has 1 saturated carbocycles. The van der Waals surface area contributed by atoms with Crippen molar-refractivity contribution in [2.24, 2.45) is 0 Å². The first-order chi connectivity index (χ1) is 11.7. The maximum Gasteiger partial charge on any atom is 0.315 e. The van der Waals surface area contributed by atoms with E-state index in [9.17, 15) is 4.79 Å². The topological polar surface area (TPSA) is 89.3 Å². The number of rotatable bonds is 4. The van der Waals surface area contributed by atoms with Crippen molar-refractivity contribution in [3.63, 3.8) is 0 Å². The quantitative estimate of drug-likeness (QED) is 0.564. The molecule has 1 aromatic carbocycles. The Labute approximate surface area is 137 Å². The van der Waals surface area contributed by atoms with Gasteiger partial charge in [-0.1, -0.05) is 6.07 Å². The molecule has 0 spiro atoms. The molecule has 0 saturated heterocycles. The first-order valence-corrected chi connectivity index (χ1v) is 7.87. The van der Waals surface area contributed by atoms with Gasteiger partial charge in [0.15, 0.2) is 11.4 Å². The Morgan fingerprint density at radius 3 is 2.96 bits per heavy atom. The highest BCUT2D eigenvalue weighted by Gasteiger charge is 2.24. The molecule has 0 radical (unpaired) electrons. The Bertz CT molecular complexity index is 962. The van der Waals surface area contributed by atoms with Crippen LogP contribution in [-0.2, 0) is 11.2 Å². The van der Waals surface area contributed by atoms with Gasteiger partial charge in [-0.15, -0.1) is 0 Å². The van der Waals surface area contributed by atoms with Crippen molar-refractivity contribution in [3.8, 4) is 5.75 Å². The third kappa shape index (κ3) is 2.34. The van der Waals surface area contributed by atoms with Gasteiger partial charge in [-0.25, -0.2) is 4.98 Å². The van der Waals surface area contributed by atoms with Crippen LogP contribution < -0.4 is 15.4 Å². The van der Waals surface area contributed by atoms with Crippen molar-refractivity contribution in [3.05, 3.63) is 36.1 Å². The van der Waals surface area contributed by atoms with Crippen LogP contribution in [0.25, 0.3) is 11.1 Å². The Morgan fingerprint density at radius 1 is 1.17 bits per heavy atom. The second-order valence-electron chi connectivity index (χ2n) is 6.05. The van der Waals surface area contributed by atoms with E-state index in [2.05, 4.69) is 20.6 Å². The highest BCUT2D eigenvalue weighted by atomic mass is 16.5. The number of furan rings is 1. The summed E-state index contributed by atoms with van der Waals surface area (Å²) in [5.41, 5.74) is 3.06. The van der Waals surface area contributed by atoms with Crippen LogP contribution >= 0.6 is 0 Å². The lowest BCUT2D eigenvalue weighted by molar-refractivity contribution is -0.131. The minimum absolute atomic E-state index is 0.228. The van der Waals surface area contributed by atoms with E-state index < -0.39 is 0 Å². The second kappa shape index (κ2) is 4.95. The summed E-state index contributed by atoms with van der Waals surface area (Å²) in [5.74, 6) is 1.53. The van der Waals surface area contributed by atoms with Crippen molar-refractivity contribution in [2.75, 3.05) is 10.6 Å². The Balaban J connectivity index is 1.48. The van der Waals surface area contributed by atoms with Crippen LogP contribution in [0, 0.1) is 0 Å².